The molecular formula is C28H35N5. The first kappa shape index (κ1) is 23.0. The fraction of sp³-hybridized carbons (Fsp3) is 0.357. The summed E-state index contributed by atoms with van der Waals surface area (Å²) in [6.45, 7) is 12.2. The standard InChI is InChI=1S/C26H29N5.C2H6/c1-16-12-21(13-17(2)29-16)26-18(3)23-6-4-19(14-24(23)30-26)20-5-7-25(28-15-20)31-10-8-22(27)9-11-31;1-2/h4-7,12-15,22,30H,8-11,27H2,1-3H3;1-2H3. The van der Waals surface area contributed by atoms with Gasteiger partial charge in [0.2, 0.25) is 0 Å². The van der Waals surface area contributed by atoms with Crippen molar-refractivity contribution in [1.29, 1.82) is 0 Å². The van der Waals surface area contributed by atoms with Crippen LogP contribution in [0.1, 0.15) is 43.6 Å². The first-order valence-electron chi connectivity index (χ1n) is 12.0. The van der Waals surface area contributed by atoms with Crippen LogP contribution in [0.15, 0.2) is 48.7 Å². The summed E-state index contributed by atoms with van der Waals surface area (Å²) in [5.41, 5.74) is 15.2. The van der Waals surface area contributed by atoms with Gasteiger partial charge >= 0.3 is 0 Å². The third kappa shape index (κ3) is 4.79. The summed E-state index contributed by atoms with van der Waals surface area (Å²) in [6, 6.07) is 15.5. The number of rotatable bonds is 3. The molecule has 1 saturated heterocycles. The Labute approximate surface area is 197 Å². The zero-order valence-corrected chi connectivity index (χ0v) is 20.4. The molecular weight excluding hydrogens is 406 g/mol. The topological polar surface area (TPSA) is 70.8 Å². The van der Waals surface area contributed by atoms with Gasteiger partial charge < -0.3 is 15.6 Å². The molecule has 0 amide bonds. The van der Waals surface area contributed by atoms with E-state index >= 15 is 0 Å². The number of aryl methyl sites for hydroxylation is 3. The highest BCUT2D eigenvalue weighted by Gasteiger charge is 2.17. The SMILES string of the molecule is CC.Cc1cc(-c2[nH]c3cc(-c4ccc(N5CCC(N)CC5)nc4)ccc3c2C)cc(C)n1. The lowest BCUT2D eigenvalue weighted by molar-refractivity contribution is 0.498. The molecule has 4 aromatic rings. The van der Waals surface area contributed by atoms with Crippen molar-refractivity contribution in [1.82, 2.24) is 15.0 Å². The fourth-order valence-electron chi connectivity index (χ4n) is 4.66. The maximum atomic E-state index is 6.03. The lowest BCUT2D eigenvalue weighted by atomic mass is 10.0. The summed E-state index contributed by atoms with van der Waals surface area (Å²) in [6.07, 6.45) is 4.05. The van der Waals surface area contributed by atoms with E-state index in [0.29, 0.717) is 6.04 Å². The molecule has 0 unspecified atom stereocenters. The molecule has 0 spiro atoms. The molecule has 1 aromatic carbocycles. The van der Waals surface area contributed by atoms with Gasteiger partial charge in [0.25, 0.3) is 0 Å². The van der Waals surface area contributed by atoms with Crippen LogP contribution in [0.2, 0.25) is 0 Å². The summed E-state index contributed by atoms with van der Waals surface area (Å²) < 4.78 is 0. The van der Waals surface area contributed by atoms with E-state index < -0.39 is 0 Å². The number of anilines is 1. The quantitative estimate of drug-likeness (QED) is 0.399. The van der Waals surface area contributed by atoms with E-state index in [1.807, 2.05) is 33.9 Å². The van der Waals surface area contributed by atoms with Crippen LogP contribution in [0.25, 0.3) is 33.3 Å². The lowest BCUT2D eigenvalue weighted by Gasteiger charge is -2.31. The van der Waals surface area contributed by atoms with Crippen molar-refractivity contribution in [2.45, 2.75) is 53.5 Å². The number of fused-ring (bicyclic) bond motifs is 1. The molecule has 4 heterocycles. The summed E-state index contributed by atoms with van der Waals surface area (Å²) >= 11 is 0. The van der Waals surface area contributed by atoms with Crippen LogP contribution in [-0.4, -0.2) is 34.1 Å². The second-order valence-electron chi connectivity index (χ2n) is 8.75. The highest BCUT2D eigenvalue weighted by molar-refractivity contribution is 5.93. The minimum atomic E-state index is 0.330. The summed E-state index contributed by atoms with van der Waals surface area (Å²) in [4.78, 5) is 15.2. The van der Waals surface area contributed by atoms with E-state index in [1.54, 1.807) is 0 Å². The van der Waals surface area contributed by atoms with Gasteiger partial charge in [-0.1, -0.05) is 26.0 Å². The van der Waals surface area contributed by atoms with Gasteiger partial charge in [0.15, 0.2) is 0 Å². The highest BCUT2D eigenvalue weighted by Crippen LogP contribution is 2.33. The minimum Gasteiger partial charge on any atom is -0.357 e. The van der Waals surface area contributed by atoms with Crippen molar-refractivity contribution in [3.05, 3.63) is 65.6 Å². The van der Waals surface area contributed by atoms with Crippen LogP contribution in [0.5, 0.6) is 0 Å². The first-order valence-corrected chi connectivity index (χ1v) is 12.0. The number of aromatic nitrogens is 3. The van der Waals surface area contributed by atoms with E-state index in [0.717, 1.165) is 59.9 Å². The number of nitrogens with two attached hydrogens (primary N) is 1. The van der Waals surface area contributed by atoms with Crippen LogP contribution in [0.3, 0.4) is 0 Å². The number of benzene rings is 1. The molecule has 1 fully saturated rings. The van der Waals surface area contributed by atoms with E-state index in [-0.39, 0.29) is 0 Å². The number of hydrogen-bond acceptors (Lipinski definition) is 4. The average molecular weight is 442 g/mol. The number of hydrogen-bond donors (Lipinski definition) is 2. The van der Waals surface area contributed by atoms with E-state index in [1.165, 1.54) is 22.1 Å². The maximum absolute atomic E-state index is 6.03. The van der Waals surface area contributed by atoms with Crippen LogP contribution in [0, 0.1) is 20.8 Å². The maximum Gasteiger partial charge on any atom is 0.128 e. The van der Waals surface area contributed by atoms with Crippen LogP contribution < -0.4 is 10.6 Å². The number of pyridine rings is 2. The minimum absolute atomic E-state index is 0.330. The van der Waals surface area contributed by atoms with Gasteiger partial charge in [0.05, 0.1) is 0 Å². The molecule has 5 rings (SSSR count). The number of piperidine rings is 1. The van der Waals surface area contributed by atoms with Gasteiger partial charge in [0.1, 0.15) is 5.82 Å². The van der Waals surface area contributed by atoms with Crippen molar-refractivity contribution in [3.63, 3.8) is 0 Å². The van der Waals surface area contributed by atoms with Gasteiger partial charge in [-0.05, 0) is 75.1 Å². The Morgan fingerprint density at radius 1 is 0.879 bits per heavy atom. The van der Waals surface area contributed by atoms with Crippen molar-refractivity contribution in [2.24, 2.45) is 5.73 Å². The molecule has 1 aliphatic rings. The van der Waals surface area contributed by atoms with Crippen LogP contribution >= 0.6 is 0 Å². The molecule has 3 aromatic heterocycles. The normalized spacial score (nSPS) is 14.3. The Hall–Kier alpha value is -3.18. The second kappa shape index (κ2) is 9.75. The molecule has 5 heteroatoms. The highest BCUT2D eigenvalue weighted by atomic mass is 15.2. The Balaban J connectivity index is 0.00000126. The smallest absolute Gasteiger partial charge is 0.128 e. The Bertz CT molecular complexity index is 1210. The molecule has 1 aliphatic heterocycles. The molecule has 0 atom stereocenters. The Morgan fingerprint density at radius 3 is 2.18 bits per heavy atom. The summed E-state index contributed by atoms with van der Waals surface area (Å²) in [7, 11) is 0. The average Bonchev–Trinajstić information content (AvgIpc) is 3.16. The van der Waals surface area contributed by atoms with Gasteiger partial charge in [-0.3, -0.25) is 4.98 Å². The lowest BCUT2D eigenvalue weighted by Crippen LogP contribution is -2.40. The van der Waals surface area contributed by atoms with Gasteiger partial charge in [0, 0.05) is 64.4 Å². The van der Waals surface area contributed by atoms with Crippen LogP contribution in [-0.2, 0) is 0 Å². The molecule has 0 saturated carbocycles. The Morgan fingerprint density at radius 2 is 1.55 bits per heavy atom. The van der Waals surface area contributed by atoms with Gasteiger partial charge in [-0.25, -0.2) is 4.98 Å². The molecule has 3 N–H and O–H groups in total. The third-order valence-electron chi connectivity index (χ3n) is 6.37. The summed E-state index contributed by atoms with van der Waals surface area (Å²) in [5, 5.41) is 1.25. The molecule has 0 aliphatic carbocycles. The monoisotopic (exact) mass is 441 g/mol. The molecule has 0 radical (unpaired) electrons. The predicted molar refractivity (Wildman–Crippen MR) is 140 cm³/mol. The molecule has 172 valence electrons. The van der Waals surface area contributed by atoms with Crippen molar-refractivity contribution >= 4 is 16.7 Å². The van der Waals surface area contributed by atoms with Gasteiger partial charge in [-0.2, -0.15) is 0 Å². The first-order chi connectivity index (χ1) is 16.0. The molecule has 5 nitrogen and oxygen atoms in total. The van der Waals surface area contributed by atoms with Crippen LogP contribution in [0.4, 0.5) is 5.82 Å². The zero-order valence-electron chi connectivity index (χ0n) is 20.4. The summed E-state index contributed by atoms with van der Waals surface area (Å²) in [5.74, 6) is 1.04. The zero-order chi connectivity index (χ0) is 23.5. The second-order valence-corrected chi connectivity index (χ2v) is 8.75. The Kier molecular flexibility index (Phi) is 6.80. The van der Waals surface area contributed by atoms with Crippen molar-refractivity contribution in [3.8, 4) is 22.4 Å². The fourth-order valence-corrected chi connectivity index (χ4v) is 4.66. The third-order valence-corrected chi connectivity index (χ3v) is 6.37. The van der Waals surface area contributed by atoms with Crippen molar-refractivity contribution in [2.75, 3.05) is 18.0 Å². The van der Waals surface area contributed by atoms with E-state index in [2.05, 4.69) is 64.3 Å². The molecule has 0 bridgehead atoms. The van der Waals surface area contributed by atoms with E-state index in [9.17, 15) is 0 Å². The number of nitrogens with zero attached hydrogens (tertiary/aromatic N) is 3. The van der Waals surface area contributed by atoms with E-state index in [4.69, 9.17) is 10.7 Å². The molecule has 33 heavy (non-hydrogen) atoms. The number of H-pyrrole nitrogens is 1. The largest absolute Gasteiger partial charge is 0.357 e. The number of nitrogens with one attached hydrogen (secondary N) is 1. The van der Waals surface area contributed by atoms with Crippen molar-refractivity contribution < 1.29 is 0 Å². The predicted octanol–water partition coefficient (Wildman–Crippen LogP) is 6.17. The number of aromatic amines is 1. The van der Waals surface area contributed by atoms with Gasteiger partial charge in [-0.15, -0.1) is 0 Å².